The van der Waals surface area contributed by atoms with Crippen LogP contribution in [-0.4, -0.2) is 16.9 Å². The second-order valence-electron chi connectivity index (χ2n) is 4.03. The molecule has 1 aromatic rings. The van der Waals surface area contributed by atoms with E-state index < -0.39 is 0 Å². The third-order valence-corrected chi connectivity index (χ3v) is 2.87. The Morgan fingerprint density at radius 2 is 2.06 bits per heavy atom. The maximum Gasteiger partial charge on any atom is 0.220 e. The van der Waals surface area contributed by atoms with E-state index in [1.807, 2.05) is 18.2 Å². The van der Waals surface area contributed by atoms with E-state index in [-0.39, 0.29) is 11.9 Å². The Hall–Kier alpha value is -1.42. The molecule has 4 heteroatoms. The van der Waals surface area contributed by atoms with Crippen LogP contribution >= 0.6 is 12.2 Å². The zero-order valence-electron chi connectivity index (χ0n) is 9.98. The van der Waals surface area contributed by atoms with Crippen LogP contribution in [-0.2, 0) is 11.2 Å². The Morgan fingerprint density at radius 3 is 2.65 bits per heavy atom. The summed E-state index contributed by atoms with van der Waals surface area (Å²) < 4.78 is 0. The maximum atomic E-state index is 11.5. The molecule has 17 heavy (non-hydrogen) atoms. The molecule has 0 aliphatic carbocycles. The highest BCUT2D eigenvalue weighted by Crippen LogP contribution is 2.04. The first-order valence-corrected chi connectivity index (χ1v) is 6.13. The Balaban J connectivity index is 2.23. The molecule has 0 heterocycles. The summed E-state index contributed by atoms with van der Waals surface area (Å²) in [4.78, 5) is 11.8. The zero-order valence-corrected chi connectivity index (χ0v) is 10.8. The largest absolute Gasteiger partial charge is 0.392 e. The molecule has 0 bridgehead atoms. The number of benzene rings is 1. The third-order valence-electron chi connectivity index (χ3n) is 2.52. The van der Waals surface area contributed by atoms with Gasteiger partial charge in [-0.1, -0.05) is 42.5 Å². The molecule has 0 spiro atoms. The minimum absolute atomic E-state index is 0.00114. The van der Waals surface area contributed by atoms with Gasteiger partial charge in [-0.2, -0.15) is 0 Å². The third kappa shape index (κ3) is 5.45. The van der Waals surface area contributed by atoms with Crippen molar-refractivity contribution in [3.63, 3.8) is 0 Å². The van der Waals surface area contributed by atoms with Crippen LogP contribution in [0.1, 0.15) is 25.3 Å². The second-order valence-corrected chi connectivity index (χ2v) is 4.50. The molecule has 0 aromatic heterocycles. The zero-order chi connectivity index (χ0) is 12.7. The highest BCUT2D eigenvalue weighted by Gasteiger charge is 2.08. The average Bonchev–Trinajstić information content (AvgIpc) is 2.30. The van der Waals surface area contributed by atoms with Crippen molar-refractivity contribution >= 4 is 23.1 Å². The summed E-state index contributed by atoms with van der Waals surface area (Å²) in [6.07, 6.45) is 2.25. The van der Waals surface area contributed by atoms with Crippen LogP contribution in [0.2, 0.25) is 0 Å². The number of aryl methyl sites for hydroxylation is 1. The number of thiocarbonyl (C=S) groups is 1. The molecule has 0 saturated heterocycles. The standard InChI is InChI=1S/C13H18N2OS/c1-10(13(14)17)15-12(16)9-5-8-11-6-3-2-4-7-11/h2-4,6-7,10H,5,8-9H2,1H3,(H2,14,17)(H,15,16). The van der Waals surface area contributed by atoms with Crippen molar-refractivity contribution in [2.75, 3.05) is 0 Å². The van der Waals surface area contributed by atoms with Crippen LogP contribution in [0.3, 0.4) is 0 Å². The number of carbonyl (C=O) groups excluding carboxylic acids is 1. The summed E-state index contributed by atoms with van der Waals surface area (Å²) >= 11 is 4.79. The monoisotopic (exact) mass is 250 g/mol. The maximum absolute atomic E-state index is 11.5. The molecule has 0 aliphatic heterocycles. The Kier molecular flexibility index (Phi) is 5.63. The number of amides is 1. The van der Waals surface area contributed by atoms with Gasteiger partial charge in [-0.3, -0.25) is 4.79 Å². The number of nitrogens with one attached hydrogen (secondary N) is 1. The lowest BCUT2D eigenvalue weighted by atomic mass is 10.1. The van der Waals surface area contributed by atoms with E-state index in [0.29, 0.717) is 11.4 Å². The first-order valence-electron chi connectivity index (χ1n) is 5.72. The lowest BCUT2D eigenvalue weighted by Crippen LogP contribution is -2.41. The molecule has 3 N–H and O–H groups in total. The number of nitrogens with two attached hydrogens (primary N) is 1. The highest BCUT2D eigenvalue weighted by atomic mass is 32.1. The van der Waals surface area contributed by atoms with Gasteiger partial charge in [0.2, 0.25) is 5.91 Å². The summed E-state index contributed by atoms with van der Waals surface area (Å²) in [5.41, 5.74) is 6.67. The molecule has 0 fully saturated rings. The van der Waals surface area contributed by atoms with Gasteiger partial charge in [0.05, 0.1) is 11.0 Å². The Labute approximate surface area is 107 Å². The fraction of sp³-hybridized carbons (Fsp3) is 0.385. The van der Waals surface area contributed by atoms with Gasteiger partial charge in [0, 0.05) is 6.42 Å². The minimum atomic E-state index is -0.228. The van der Waals surface area contributed by atoms with Crippen molar-refractivity contribution in [3.8, 4) is 0 Å². The molecule has 0 aliphatic rings. The molecule has 1 unspecified atom stereocenters. The number of carbonyl (C=O) groups is 1. The van der Waals surface area contributed by atoms with Crippen LogP contribution in [0, 0.1) is 0 Å². The van der Waals surface area contributed by atoms with Crippen LogP contribution < -0.4 is 11.1 Å². The summed E-state index contributed by atoms with van der Waals surface area (Å²) in [6, 6.07) is 9.90. The second kappa shape index (κ2) is 7.01. The molecule has 92 valence electrons. The fourth-order valence-corrected chi connectivity index (χ4v) is 1.54. The quantitative estimate of drug-likeness (QED) is 0.757. The van der Waals surface area contributed by atoms with Crippen molar-refractivity contribution in [3.05, 3.63) is 35.9 Å². The average molecular weight is 250 g/mol. The molecular formula is C13H18N2OS. The van der Waals surface area contributed by atoms with E-state index in [1.165, 1.54) is 5.56 Å². The van der Waals surface area contributed by atoms with Gasteiger partial charge in [0.25, 0.3) is 0 Å². The van der Waals surface area contributed by atoms with Gasteiger partial charge in [-0.05, 0) is 25.3 Å². The number of hydrogen-bond donors (Lipinski definition) is 2. The fourth-order valence-electron chi connectivity index (χ4n) is 1.48. The van der Waals surface area contributed by atoms with Gasteiger partial charge in [0.15, 0.2) is 0 Å². The summed E-state index contributed by atoms with van der Waals surface area (Å²) in [6.45, 7) is 1.79. The number of hydrogen-bond acceptors (Lipinski definition) is 2. The van der Waals surface area contributed by atoms with Gasteiger partial charge < -0.3 is 11.1 Å². The molecule has 3 nitrogen and oxygen atoms in total. The predicted octanol–water partition coefficient (Wildman–Crippen LogP) is 1.80. The first kappa shape index (κ1) is 13.6. The van der Waals surface area contributed by atoms with Crippen molar-refractivity contribution < 1.29 is 4.79 Å². The molecule has 0 saturated carbocycles. The number of rotatable bonds is 6. The van der Waals surface area contributed by atoms with Gasteiger partial charge >= 0.3 is 0 Å². The van der Waals surface area contributed by atoms with Crippen LogP contribution in [0.5, 0.6) is 0 Å². The normalized spacial score (nSPS) is 11.8. The SMILES string of the molecule is CC(NC(=O)CCCc1ccccc1)C(N)=S. The van der Waals surface area contributed by atoms with E-state index in [4.69, 9.17) is 18.0 Å². The Bertz CT molecular complexity index is 378. The molecule has 0 radical (unpaired) electrons. The lowest BCUT2D eigenvalue weighted by molar-refractivity contribution is -0.121. The summed E-state index contributed by atoms with van der Waals surface area (Å²) in [5.74, 6) is 0.00114. The molecule has 1 atom stereocenters. The van der Waals surface area contributed by atoms with E-state index in [9.17, 15) is 4.79 Å². The molecule has 1 amide bonds. The molecular weight excluding hydrogens is 232 g/mol. The van der Waals surface area contributed by atoms with Crippen molar-refractivity contribution in [2.45, 2.75) is 32.2 Å². The van der Waals surface area contributed by atoms with E-state index in [1.54, 1.807) is 6.92 Å². The van der Waals surface area contributed by atoms with Crippen molar-refractivity contribution in [2.24, 2.45) is 5.73 Å². The van der Waals surface area contributed by atoms with E-state index in [0.717, 1.165) is 12.8 Å². The van der Waals surface area contributed by atoms with E-state index in [2.05, 4.69) is 17.4 Å². The molecule has 1 aromatic carbocycles. The minimum Gasteiger partial charge on any atom is -0.392 e. The van der Waals surface area contributed by atoms with Gasteiger partial charge in [0.1, 0.15) is 0 Å². The summed E-state index contributed by atoms with van der Waals surface area (Å²) in [7, 11) is 0. The van der Waals surface area contributed by atoms with Crippen molar-refractivity contribution in [1.29, 1.82) is 0 Å². The van der Waals surface area contributed by atoms with Crippen LogP contribution in [0.15, 0.2) is 30.3 Å². The Morgan fingerprint density at radius 1 is 1.41 bits per heavy atom. The lowest BCUT2D eigenvalue weighted by Gasteiger charge is -2.11. The van der Waals surface area contributed by atoms with Crippen LogP contribution in [0.4, 0.5) is 0 Å². The highest BCUT2D eigenvalue weighted by molar-refractivity contribution is 7.80. The molecule has 1 rings (SSSR count). The van der Waals surface area contributed by atoms with Gasteiger partial charge in [-0.15, -0.1) is 0 Å². The summed E-state index contributed by atoms with van der Waals surface area (Å²) in [5, 5.41) is 2.76. The van der Waals surface area contributed by atoms with Crippen LogP contribution in [0.25, 0.3) is 0 Å². The smallest absolute Gasteiger partial charge is 0.220 e. The topological polar surface area (TPSA) is 55.1 Å². The van der Waals surface area contributed by atoms with Gasteiger partial charge in [-0.25, -0.2) is 0 Å². The van der Waals surface area contributed by atoms with E-state index >= 15 is 0 Å². The predicted molar refractivity (Wildman–Crippen MR) is 73.8 cm³/mol. The first-order chi connectivity index (χ1) is 8.09. The van der Waals surface area contributed by atoms with Crippen molar-refractivity contribution in [1.82, 2.24) is 5.32 Å².